The predicted octanol–water partition coefficient (Wildman–Crippen LogP) is 1.62. The van der Waals surface area contributed by atoms with Crippen LogP contribution in [0.1, 0.15) is 61.3 Å². The molecule has 4 rings (SSSR count). The van der Waals surface area contributed by atoms with E-state index >= 15 is 0 Å². The van der Waals surface area contributed by atoms with E-state index in [2.05, 4.69) is 9.60 Å². The molecule has 1 aromatic rings. The molecule has 2 bridgehead atoms. The molecule has 2 fully saturated rings. The Morgan fingerprint density at radius 1 is 1.13 bits per heavy atom. The van der Waals surface area contributed by atoms with Gasteiger partial charge in [-0.3, -0.25) is 19.2 Å². The van der Waals surface area contributed by atoms with E-state index in [9.17, 15) is 27.6 Å². The summed E-state index contributed by atoms with van der Waals surface area (Å²) in [6, 6.07) is 3.98. The number of anilines is 1. The molecule has 0 radical (unpaired) electrons. The summed E-state index contributed by atoms with van der Waals surface area (Å²) in [5, 5.41) is 2.87. The number of amides is 3. The summed E-state index contributed by atoms with van der Waals surface area (Å²) in [7, 11) is -4.09. The van der Waals surface area contributed by atoms with Crippen molar-refractivity contribution >= 4 is 39.5 Å². The highest BCUT2D eigenvalue weighted by Crippen LogP contribution is 2.65. The number of fused-ring (bicyclic) bond motifs is 3. The first kappa shape index (κ1) is 21.4. The van der Waals surface area contributed by atoms with Gasteiger partial charge in [-0.05, 0) is 44.9 Å². The normalized spacial score (nSPS) is 28.6. The average Bonchev–Trinajstić information content (AvgIpc) is 3.12. The first-order valence-electron chi connectivity index (χ1n) is 9.80. The zero-order valence-corrected chi connectivity index (χ0v) is 18.3. The van der Waals surface area contributed by atoms with Gasteiger partial charge in [0.25, 0.3) is 27.8 Å². The largest absolute Gasteiger partial charge is 0.448 e. The quantitative estimate of drug-likeness (QED) is 0.528. The molecule has 166 valence electrons. The Hall–Kier alpha value is -2.79. The maximum absolute atomic E-state index is 13.2. The number of ether oxygens (including phenoxy) is 1. The fourth-order valence-electron chi connectivity index (χ4n) is 4.51. The van der Waals surface area contributed by atoms with Crippen molar-refractivity contribution < 1.29 is 36.6 Å². The first-order chi connectivity index (χ1) is 14.3. The lowest BCUT2D eigenvalue weighted by molar-refractivity contribution is -0.165. The van der Waals surface area contributed by atoms with Crippen molar-refractivity contribution in [2.75, 3.05) is 11.1 Å². The van der Waals surface area contributed by atoms with Crippen molar-refractivity contribution in [3.05, 3.63) is 29.3 Å². The van der Waals surface area contributed by atoms with Crippen LogP contribution in [-0.4, -0.2) is 48.5 Å². The molecule has 2 heterocycles. The lowest BCUT2D eigenvalue weighted by atomic mass is 9.66. The summed E-state index contributed by atoms with van der Waals surface area (Å²) in [5.41, 5.74) is -2.82. The number of benzene rings is 1. The highest BCUT2D eigenvalue weighted by Gasteiger charge is 2.75. The number of nitrogens with one attached hydrogen (secondary N) is 1. The van der Waals surface area contributed by atoms with Crippen LogP contribution in [0.25, 0.3) is 0 Å². The molecule has 2 aliphatic heterocycles. The summed E-state index contributed by atoms with van der Waals surface area (Å²) in [6.45, 7) is 6.74. The maximum atomic E-state index is 13.2. The van der Waals surface area contributed by atoms with E-state index in [1.807, 2.05) is 13.8 Å². The number of rotatable bonds is 5. The molecule has 31 heavy (non-hydrogen) atoms. The number of esters is 1. The minimum atomic E-state index is -4.09. The number of nitrogens with zero attached hydrogens (tertiary/aromatic N) is 1. The molecule has 1 N–H and O–H groups in total. The Morgan fingerprint density at radius 3 is 2.32 bits per heavy atom. The lowest BCUT2D eigenvalue weighted by Gasteiger charge is -2.35. The molecule has 10 nitrogen and oxygen atoms in total. The molecule has 0 spiro atoms. The Balaban J connectivity index is 1.61. The van der Waals surface area contributed by atoms with Crippen LogP contribution in [0.3, 0.4) is 0 Å². The van der Waals surface area contributed by atoms with E-state index in [-0.39, 0.29) is 21.9 Å². The molecule has 3 aliphatic rings. The Bertz CT molecular complexity index is 1160. The molecular formula is C20H22N2O8S. The molecule has 1 aliphatic carbocycles. The number of imide groups is 1. The second-order valence-corrected chi connectivity index (χ2v) is 10.6. The third-order valence-corrected chi connectivity index (χ3v) is 8.18. The van der Waals surface area contributed by atoms with Gasteiger partial charge in [0.15, 0.2) is 5.60 Å². The molecule has 1 saturated carbocycles. The predicted molar refractivity (Wildman–Crippen MR) is 106 cm³/mol. The number of hydrogen-bond acceptors (Lipinski definition) is 8. The fourth-order valence-corrected chi connectivity index (χ4v) is 4.98. The van der Waals surface area contributed by atoms with Crippen molar-refractivity contribution in [1.29, 1.82) is 0 Å². The summed E-state index contributed by atoms with van der Waals surface area (Å²) in [5.74, 6) is -3.22. The van der Waals surface area contributed by atoms with Gasteiger partial charge in [-0.2, -0.15) is 8.42 Å². The molecule has 1 saturated heterocycles. The van der Waals surface area contributed by atoms with E-state index < -0.39 is 56.0 Å². The lowest BCUT2D eigenvalue weighted by Crippen LogP contribution is -2.50. The number of carbonyl (C=O) groups excluding carboxylic acids is 4. The number of hydroxylamine groups is 2. The third-order valence-electron chi connectivity index (χ3n) is 7.10. The van der Waals surface area contributed by atoms with Crippen LogP contribution in [0.4, 0.5) is 5.69 Å². The zero-order chi connectivity index (χ0) is 23.0. The summed E-state index contributed by atoms with van der Waals surface area (Å²) in [6.07, 6.45) is 0.883. The molecule has 1 aromatic carbocycles. The van der Waals surface area contributed by atoms with Gasteiger partial charge in [0.05, 0.1) is 22.3 Å². The summed E-state index contributed by atoms with van der Waals surface area (Å²) >= 11 is 0. The number of carbonyl (C=O) groups is 4. The van der Waals surface area contributed by atoms with Gasteiger partial charge in [-0.1, -0.05) is 13.8 Å². The van der Waals surface area contributed by atoms with Crippen molar-refractivity contribution in [2.45, 2.75) is 46.1 Å². The standard InChI is InChI=1S/C20H22N2O8S/c1-5-31(27,28)30-22-14(23)12-7-6-11(10-13(12)15(22)24)21-16(25)20-9-8-19(4,17(26)29-20)18(20,2)3/h6-7,10H,5,8-9H2,1-4H3,(H,21,25)/t19-,20+/m0/s1. The summed E-state index contributed by atoms with van der Waals surface area (Å²) < 4.78 is 33.5. The molecule has 0 unspecified atom stereocenters. The second kappa shape index (κ2) is 6.36. The van der Waals surface area contributed by atoms with E-state index in [4.69, 9.17) is 4.74 Å². The van der Waals surface area contributed by atoms with Crippen molar-refractivity contribution in [3.63, 3.8) is 0 Å². The Morgan fingerprint density at radius 2 is 1.77 bits per heavy atom. The van der Waals surface area contributed by atoms with Crippen LogP contribution in [0.2, 0.25) is 0 Å². The molecule has 0 aromatic heterocycles. The second-order valence-electron chi connectivity index (χ2n) is 8.71. The highest BCUT2D eigenvalue weighted by molar-refractivity contribution is 7.86. The number of hydrogen-bond donors (Lipinski definition) is 1. The van der Waals surface area contributed by atoms with Gasteiger partial charge < -0.3 is 10.1 Å². The van der Waals surface area contributed by atoms with Gasteiger partial charge in [-0.15, -0.1) is 9.35 Å². The van der Waals surface area contributed by atoms with Crippen molar-refractivity contribution in [1.82, 2.24) is 5.06 Å². The minimum absolute atomic E-state index is 0.0477. The van der Waals surface area contributed by atoms with Gasteiger partial charge in [0.1, 0.15) is 0 Å². The maximum Gasteiger partial charge on any atom is 0.313 e. The van der Waals surface area contributed by atoms with Crippen LogP contribution < -0.4 is 5.32 Å². The van der Waals surface area contributed by atoms with E-state index in [0.29, 0.717) is 12.8 Å². The highest BCUT2D eigenvalue weighted by atomic mass is 32.2. The molecular weight excluding hydrogens is 428 g/mol. The zero-order valence-electron chi connectivity index (χ0n) is 17.5. The van der Waals surface area contributed by atoms with Gasteiger partial charge in [0, 0.05) is 11.1 Å². The molecule has 2 atom stereocenters. The van der Waals surface area contributed by atoms with Crippen LogP contribution in [0, 0.1) is 10.8 Å². The average molecular weight is 450 g/mol. The van der Waals surface area contributed by atoms with E-state index in [1.165, 1.54) is 25.1 Å². The van der Waals surface area contributed by atoms with E-state index in [1.54, 1.807) is 6.92 Å². The SMILES string of the molecule is CCS(=O)(=O)ON1C(=O)c2ccc(NC(=O)[C@@]34CC[C@@](C)(C(=O)O3)C4(C)C)cc2C1=O. The monoisotopic (exact) mass is 450 g/mol. The van der Waals surface area contributed by atoms with E-state index in [0.717, 1.165) is 0 Å². The summed E-state index contributed by atoms with van der Waals surface area (Å²) in [4.78, 5) is 50.5. The topological polar surface area (TPSA) is 136 Å². The molecule has 11 heteroatoms. The fraction of sp³-hybridized carbons (Fsp3) is 0.500. The van der Waals surface area contributed by atoms with Crippen LogP contribution >= 0.6 is 0 Å². The van der Waals surface area contributed by atoms with Gasteiger partial charge in [0.2, 0.25) is 0 Å². The van der Waals surface area contributed by atoms with Crippen molar-refractivity contribution in [2.24, 2.45) is 10.8 Å². The minimum Gasteiger partial charge on any atom is -0.448 e. The Kier molecular flexibility index (Phi) is 4.40. The first-order valence-corrected chi connectivity index (χ1v) is 11.4. The Labute approximate surface area is 178 Å². The van der Waals surface area contributed by atoms with Crippen LogP contribution in [-0.2, 0) is 28.7 Å². The van der Waals surface area contributed by atoms with Crippen LogP contribution in [0.15, 0.2) is 18.2 Å². The third kappa shape index (κ3) is 2.69. The van der Waals surface area contributed by atoms with Crippen molar-refractivity contribution in [3.8, 4) is 0 Å². The van der Waals surface area contributed by atoms with Gasteiger partial charge in [-0.25, -0.2) is 0 Å². The van der Waals surface area contributed by atoms with Gasteiger partial charge >= 0.3 is 5.97 Å². The smallest absolute Gasteiger partial charge is 0.313 e. The molecule has 3 amide bonds. The van der Waals surface area contributed by atoms with Crippen LogP contribution in [0.5, 0.6) is 0 Å².